The zero-order valence-electron chi connectivity index (χ0n) is 12.2. The van der Waals surface area contributed by atoms with E-state index < -0.39 is 27.8 Å². The molecular weight excluding hydrogens is 298 g/mol. The quantitative estimate of drug-likeness (QED) is 0.700. The van der Waals surface area contributed by atoms with Crippen molar-refractivity contribution in [3.8, 4) is 0 Å². The van der Waals surface area contributed by atoms with Crippen molar-refractivity contribution in [1.82, 2.24) is 15.1 Å². The Morgan fingerprint density at radius 1 is 1.43 bits per heavy atom. The summed E-state index contributed by atoms with van der Waals surface area (Å²) < 4.78 is 23.6. The van der Waals surface area contributed by atoms with E-state index in [1.54, 1.807) is 19.9 Å². The number of nitrogens with zero attached hydrogens (tertiary/aromatic N) is 2. The standard InChI is InChI=1S/C12H19N3O5S/c1-8-6-9(2)15(14-8)7-11(16)13-10(12(17)18)4-5-21(3,19)20/h6,10H,4-5,7H2,1-3H3,(H,13,16)(H,17,18). The monoisotopic (exact) mass is 317 g/mol. The van der Waals surface area contributed by atoms with Crippen molar-refractivity contribution < 1.29 is 23.1 Å². The SMILES string of the molecule is Cc1cc(C)n(CC(=O)NC(CCS(C)(=O)=O)C(=O)O)n1. The number of hydrogen-bond donors (Lipinski definition) is 2. The van der Waals surface area contributed by atoms with Gasteiger partial charge in [-0.15, -0.1) is 0 Å². The second-order valence-corrected chi connectivity index (χ2v) is 7.22. The lowest BCUT2D eigenvalue weighted by molar-refractivity contribution is -0.142. The first-order valence-electron chi connectivity index (χ1n) is 6.29. The molecule has 0 fully saturated rings. The lowest BCUT2D eigenvalue weighted by Crippen LogP contribution is -2.43. The molecule has 0 spiro atoms. The first-order chi connectivity index (χ1) is 9.58. The summed E-state index contributed by atoms with van der Waals surface area (Å²) >= 11 is 0. The van der Waals surface area contributed by atoms with Crippen molar-refractivity contribution in [2.45, 2.75) is 32.9 Å². The van der Waals surface area contributed by atoms with Crippen LogP contribution in [0.1, 0.15) is 17.8 Å². The van der Waals surface area contributed by atoms with Gasteiger partial charge < -0.3 is 10.4 Å². The van der Waals surface area contributed by atoms with E-state index in [0.29, 0.717) is 0 Å². The third-order valence-electron chi connectivity index (χ3n) is 2.81. The summed E-state index contributed by atoms with van der Waals surface area (Å²) in [6, 6.07) is 0.565. The van der Waals surface area contributed by atoms with Gasteiger partial charge in [-0.3, -0.25) is 9.48 Å². The summed E-state index contributed by atoms with van der Waals surface area (Å²) in [5.41, 5.74) is 1.54. The van der Waals surface area contributed by atoms with E-state index in [1.807, 2.05) is 0 Å². The lowest BCUT2D eigenvalue weighted by Gasteiger charge is -2.14. The first-order valence-corrected chi connectivity index (χ1v) is 8.35. The number of hydrogen-bond acceptors (Lipinski definition) is 5. The van der Waals surface area contributed by atoms with Crippen LogP contribution in [-0.2, 0) is 26.0 Å². The summed E-state index contributed by atoms with van der Waals surface area (Å²) in [5.74, 6) is -2.09. The molecule has 0 aromatic carbocycles. The molecule has 1 amide bonds. The number of aliphatic carboxylic acids is 1. The second kappa shape index (κ2) is 6.70. The minimum Gasteiger partial charge on any atom is -0.480 e. The van der Waals surface area contributed by atoms with Crippen LogP contribution in [0.4, 0.5) is 0 Å². The Kier molecular flexibility index (Phi) is 5.47. The summed E-state index contributed by atoms with van der Waals surface area (Å²) in [4.78, 5) is 22.9. The molecule has 1 atom stereocenters. The molecule has 0 bridgehead atoms. The van der Waals surface area contributed by atoms with Crippen molar-refractivity contribution in [3.63, 3.8) is 0 Å². The second-order valence-electron chi connectivity index (χ2n) is 4.96. The molecule has 2 N–H and O–H groups in total. The molecule has 0 aliphatic carbocycles. The van der Waals surface area contributed by atoms with E-state index >= 15 is 0 Å². The van der Waals surface area contributed by atoms with E-state index in [0.717, 1.165) is 17.6 Å². The Morgan fingerprint density at radius 3 is 2.48 bits per heavy atom. The van der Waals surface area contributed by atoms with Crippen LogP contribution >= 0.6 is 0 Å². The molecule has 0 radical (unpaired) electrons. The Labute approximate surface area is 123 Å². The van der Waals surface area contributed by atoms with E-state index in [4.69, 9.17) is 5.11 Å². The number of carbonyl (C=O) groups excluding carboxylic acids is 1. The van der Waals surface area contributed by atoms with Crippen LogP contribution in [0.25, 0.3) is 0 Å². The van der Waals surface area contributed by atoms with Crippen LogP contribution in [0, 0.1) is 13.8 Å². The minimum atomic E-state index is -3.28. The van der Waals surface area contributed by atoms with Crippen LogP contribution < -0.4 is 5.32 Å². The number of nitrogens with one attached hydrogen (secondary N) is 1. The smallest absolute Gasteiger partial charge is 0.326 e. The van der Waals surface area contributed by atoms with Crippen LogP contribution in [0.2, 0.25) is 0 Å². The third kappa shape index (κ3) is 5.94. The van der Waals surface area contributed by atoms with Crippen molar-refractivity contribution >= 4 is 21.7 Å². The van der Waals surface area contributed by atoms with Crippen LogP contribution in [0.5, 0.6) is 0 Å². The predicted octanol–water partition coefficient (Wildman–Crippen LogP) is -0.496. The van der Waals surface area contributed by atoms with Gasteiger partial charge in [-0.05, 0) is 26.3 Å². The Bertz CT molecular complexity index is 635. The van der Waals surface area contributed by atoms with Crippen molar-refractivity contribution in [1.29, 1.82) is 0 Å². The number of carboxylic acids is 1. The fraction of sp³-hybridized carbons (Fsp3) is 0.583. The average Bonchev–Trinajstić information content (AvgIpc) is 2.61. The molecule has 21 heavy (non-hydrogen) atoms. The molecule has 118 valence electrons. The highest BCUT2D eigenvalue weighted by molar-refractivity contribution is 7.90. The number of aromatic nitrogens is 2. The molecule has 1 unspecified atom stereocenters. The number of sulfone groups is 1. The average molecular weight is 317 g/mol. The van der Waals surface area contributed by atoms with Gasteiger partial charge in [0.2, 0.25) is 5.91 Å². The molecule has 9 heteroatoms. The van der Waals surface area contributed by atoms with Crippen molar-refractivity contribution in [3.05, 3.63) is 17.5 Å². The van der Waals surface area contributed by atoms with Gasteiger partial charge in [0.25, 0.3) is 0 Å². The highest BCUT2D eigenvalue weighted by atomic mass is 32.2. The van der Waals surface area contributed by atoms with Gasteiger partial charge in [0.05, 0.1) is 11.4 Å². The van der Waals surface area contributed by atoms with Crippen molar-refractivity contribution in [2.24, 2.45) is 0 Å². The Hall–Kier alpha value is -1.90. The molecule has 1 aromatic rings. The zero-order chi connectivity index (χ0) is 16.2. The summed E-state index contributed by atoms with van der Waals surface area (Å²) in [7, 11) is -3.28. The Morgan fingerprint density at radius 2 is 2.05 bits per heavy atom. The third-order valence-corrected chi connectivity index (χ3v) is 3.78. The van der Waals surface area contributed by atoms with Gasteiger partial charge >= 0.3 is 5.97 Å². The van der Waals surface area contributed by atoms with Crippen LogP contribution in [0.15, 0.2) is 6.07 Å². The number of carboxylic acid groups (broad SMARTS) is 1. The maximum Gasteiger partial charge on any atom is 0.326 e. The number of rotatable bonds is 7. The molecular formula is C12H19N3O5S. The summed E-state index contributed by atoms with van der Waals surface area (Å²) in [5, 5.41) is 15.4. The molecule has 1 rings (SSSR count). The topological polar surface area (TPSA) is 118 Å². The van der Waals surface area contributed by atoms with Crippen LogP contribution in [-0.4, -0.2) is 53.2 Å². The van der Waals surface area contributed by atoms with E-state index in [9.17, 15) is 18.0 Å². The normalized spacial score (nSPS) is 12.9. The van der Waals surface area contributed by atoms with Gasteiger partial charge in [-0.2, -0.15) is 5.10 Å². The van der Waals surface area contributed by atoms with E-state index in [-0.39, 0.29) is 18.7 Å². The van der Waals surface area contributed by atoms with Gasteiger partial charge in [-0.1, -0.05) is 0 Å². The summed E-state index contributed by atoms with van der Waals surface area (Å²) in [6.07, 6.45) is 0.848. The van der Waals surface area contributed by atoms with Gasteiger partial charge in [-0.25, -0.2) is 13.2 Å². The van der Waals surface area contributed by atoms with E-state index in [1.165, 1.54) is 4.68 Å². The molecule has 8 nitrogen and oxygen atoms in total. The number of amides is 1. The van der Waals surface area contributed by atoms with Gasteiger partial charge in [0.15, 0.2) is 0 Å². The molecule has 0 saturated heterocycles. The van der Waals surface area contributed by atoms with Crippen LogP contribution in [0.3, 0.4) is 0 Å². The maximum absolute atomic E-state index is 11.8. The number of aryl methyl sites for hydroxylation is 2. The zero-order valence-corrected chi connectivity index (χ0v) is 13.0. The number of carbonyl (C=O) groups is 2. The molecule has 1 heterocycles. The maximum atomic E-state index is 11.8. The molecule has 0 saturated carbocycles. The Balaban J connectivity index is 2.64. The first kappa shape index (κ1) is 17.2. The molecule has 0 aliphatic rings. The van der Waals surface area contributed by atoms with Crippen molar-refractivity contribution in [2.75, 3.05) is 12.0 Å². The molecule has 0 aliphatic heterocycles. The fourth-order valence-electron chi connectivity index (χ4n) is 1.80. The lowest BCUT2D eigenvalue weighted by atomic mass is 10.2. The van der Waals surface area contributed by atoms with E-state index in [2.05, 4.69) is 10.4 Å². The minimum absolute atomic E-state index is 0.109. The predicted molar refractivity (Wildman–Crippen MR) is 75.6 cm³/mol. The fourth-order valence-corrected chi connectivity index (χ4v) is 2.46. The van der Waals surface area contributed by atoms with Gasteiger partial charge in [0.1, 0.15) is 22.4 Å². The highest BCUT2D eigenvalue weighted by Crippen LogP contribution is 2.02. The molecule has 1 aromatic heterocycles. The van der Waals surface area contributed by atoms with Gasteiger partial charge in [0, 0.05) is 11.9 Å². The highest BCUT2D eigenvalue weighted by Gasteiger charge is 2.22. The largest absolute Gasteiger partial charge is 0.480 e. The summed E-state index contributed by atoms with van der Waals surface area (Å²) in [6.45, 7) is 3.46.